The van der Waals surface area contributed by atoms with Gasteiger partial charge in [0.2, 0.25) is 0 Å². The van der Waals surface area contributed by atoms with Gasteiger partial charge in [0.1, 0.15) is 6.04 Å². The first-order chi connectivity index (χ1) is 9.01. The molecule has 0 bridgehead atoms. The number of rotatable bonds is 7. The van der Waals surface area contributed by atoms with E-state index < -0.39 is 12.0 Å². The van der Waals surface area contributed by atoms with Crippen molar-refractivity contribution in [1.82, 2.24) is 5.32 Å². The summed E-state index contributed by atoms with van der Waals surface area (Å²) in [5.74, 6) is 0.367. The Morgan fingerprint density at radius 1 is 1.53 bits per heavy atom. The van der Waals surface area contributed by atoms with E-state index in [2.05, 4.69) is 21.2 Å². The molecule has 0 fully saturated rings. The molecule has 0 aromatic heterocycles. The molecule has 0 saturated heterocycles. The van der Waals surface area contributed by atoms with Gasteiger partial charge < -0.3 is 19.9 Å². The number of carbonyl (C=O) groups is 1. The minimum Gasteiger partial charge on any atom is -0.493 e. The zero-order chi connectivity index (χ0) is 14.4. The van der Waals surface area contributed by atoms with Crippen molar-refractivity contribution in [3.8, 4) is 11.5 Å². The Balaban J connectivity index is 2.99. The molecule has 0 radical (unpaired) electrons. The van der Waals surface area contributed by atoms with Crippen LogP contribution in [0.15, 0.2) is 16.6 Å². The van der Waals surface area contributed by atoms with E-state index in [0.29, 0.717) is 24.7 Å². The molecule has 106 valence electrons. The highest BCUT2D eigenvalue weighted by Gasteiger charge is 2.16. The van der Waals surface area contributed by atoms with Crippen LogP contribution in [0.4, 0.5) is 0 Å². The molecule has 1 aromatic rings. The van der Waals surface area contributed by atoms with E-state index in [1.165, 1.54) is 0 Å². The van der Waals surface area contributed by atoms with Crippen molar-refractivity contribution in [2.45, 2.75) is 26.4 Å². The smallest absolute Gasteiger partial charge is 0.320 e. The Hall–Kier alpha value is -1.27. The number of halogens is 1. The fourth-order valence-electron chi connectivity index (χ4n) is 1.55. The van der Waals surface area contributed by atoms with Gasteiger partial charge in [0, 0.05) is 16.6 Å². The van der Waals surface area contributed by atoms with Gasteiger partial charge in [0.05, 0.1) is 13.7 Å². The molecule has 0 saturated carbocycles. The van der Waals surface area contributed by atoms with Crippen molar-refractivity contribution in [2.24, 2.45) is 0 Å². The predicted molar refractivity (Wildman–Crippen MR) is 75.8 cm³/mol. The molecule has 0 spiro atoms. The fraction of sp³-hybridized carbons (Fsp3) is 0.462. The monoisotopic (exact) mass is 331 g/mol. The number of ether oxygens (including phenoxy) is 2. The molecule has 1 unspecified atom stereocenters. The molecular formula is C13H18BrNO4. The zero-order valence-corrected chi connectivity index (χ0v) is 12.8. The van der Waals surface area contributed by atoms with Gasteiger partial charge in [-0.15, -0.1) is 0 Å². The Morgan fingerprint density at radius 3 is 2.74 bits per heavy atom. The first-order valence-electron chi connectivity index (χ1n) is 5.95. The Bertz CT molecular complexity index is 451. The van der Waals surface area contributed by atoms with Crippen molar-refractivity contribution < 1.29 is 19.4 Å². The summed E-state index contributed by atoms with van der Waals surface area (Å²) in [6.45, 7) is 4.36. The highest BCUT2D eigenvalue weighted by molar-refractivity contribution is 9.10. The lowest BCUT2D eigenvalue weighted by Crippen LogP contribution is -2.33. The number of carboxylic acids is 1. The van der Waals surface area contributed by atoms with E-state index in [0.717, 1.165) is 10.0 Å². The molecule has 2 N–H and O–H groups in total. The van der Waals surface area contributed by atoms with Crippen molar-refractivity contribution in [2.75, 3.05) is 13.7 Å². The Labute approximate surface area is 121 Å². The third-order valence-corrected chi connectivity index (χ3v) is 3.37. The minimum atomic E-state index is -0.892. The summed E-state index contributed by atoms with van der Waals surface area (Å²) >= 11 is 3.44. The Morgan fingerprint density at radius 2 is 2.21 bits per heavy atom. The average molecular weight is 332 g/mol. The molecule has 0 aliphatic heterocycles. The van der Waals surface area contributed by atoms with Gasteiger partial charge in [0.25, 0.3) is 0 Å². The van der Waals surface area contributed by atoms with E-state index in [1.807, 2.05) is 13.0 Å². The molecule has 0 amide bonds. The van der Waals surface area contributed by atoms with Gasteiger partial charge in [-0.1, -0.05) is 15.9 Å². The van der Waals surface area contributed by atoms with Crippen LogP contribution >= 0.6 is 15.9 Å². The maximum Gasteiger partial charge on any atom is 0.320 e. The van der Waals surface area contributed by atoms with Gasteiger partial charge in [-0.3, -0.25) is 4.79 Å². The first-order valence-corrected chi connectivity index (χ1v) is 6.74. The number of methoxy groups -OCH3 is 1. The lowest BCUT2D eigenvalue weighted by Gasteiger charge is -2.17. The third kappa shape index (κ3) is 4.11. The fourth-order valence-corrected chi connectivity index (χ4v) is 2.01. The van der Waals surface area contributed by atoms with Crippen LogP contribution in [0.25, 0.3) is 0 Å². The van der Waals surface area contributed by atoms with Crippen molar-refractivity contribution in [3.05, 3.63) is 22.2 Å². The quantitative estimate of drug-likeness (QED) is 0.803. The molecule has 1 rings (SSSR count). The van der Waals surface area contributed by atoms with Gasteiger partial charge in [-0.25, -0.2) is 0 Å². The van der Waals surface area contributed by atoms with E-state index in [-0.39, 0.29) is 0 Å². The van der Waals surface area contributed by atoms with Crippen molar-refractivity contribution >= 4 is 21.9 Å². The summed E-state index contributed by atoms with van der Waals surface area (Å²) in [7, 11) is 1.57. The zero-order valence-electron chi connectivity index (χ0n) is 11.2. The molecule has 1 aromatic carbocycles. The SMILES string of the molecule is CCOc1c(OC)ccc(Br)c1CNC(C)C(=O)O. The van der Waals surface area contributed by atoms with Crippen LogP contribution in [0.3, 0.4) is 0 Å². The Kier molecular flexibility index (Phi) is 6.11. The molecule has 6 heteroatoms. The average Bonchev–Trinajstić information content (AvgIpc) is 2.38. The van der Waals surface area contributed by atoms with Crippen LogP contribution in [0.2, 0.25) is 0 Å². The summed E-state index contributed by atoms with van der Waals surface area (Å²) < 4.78 is 11.7. The van der Waals surface area contributed by atoms with Gasteiger partial charge in [0.15, 0.2) is 11.5 Å². The maximum atomic E-state index is 10.8. The molecule has 0 aliphatic carbocycles. The second-order valence-electron chi connectivity index (χ2n) is 3.93. The van der Waals surface area contributed by atoms with Crippen LogP contribution in [0, 0.1) is 0 Å². The third-order valence-electron chi connectivity index (χ3n) is 2.63. The minimum absolute atomic E-state index is 0.376. The number of hydrogen-bond acceptors (Lipinski definition) is 4. The predicted octanol–water partition coefficient (Wildman–Crippen LogP) is 2.42. The lowest BCUT2D eigenvalue weighted by molar-refractivity contribution is -0.139. The summed E-state index contributed by atoms with van der Waals surface area (Å²) in [6.07, 6.45) is 0. The summed E-state index contributed by atoms with van der Waals surface area (Å²) in [4.78, 5) is 10.8. The van der Waals surface area contributed by atoms with Crippen LogP contribution in [0.5, 0.6) is 11.5 Å². The van der Waals surface area contributed by atoms with Crippen LogP contribution in [-0.2, 0) is 11.3 Å². The lowest BCUT2D eigenvalue weighted by atomic mass is 10.1. The molecule has 19 heavy (non-hydrogen) atoms. The molecule has 1 atom stereocenters. The van der Waals surface area contributed by atoms with E-state index in [4.69, 9.17) is 14.6 Å². The molecule has 5 nitrogen and oxygen atoms in total. The number of benzene rings is 1. The molecule has 0 heterocycles. The second-order valence-corrected chi connectivity index (χ2v) is 4.79. The molecular weight excluding hydrogens is 314 g/mol. The molecule has 0 aliphatic rings. The highest BCUT2D eigenvalue weighted by atomic mass is 79.9. The maximum absolute atomic E-state index is 10.8. The van der Waals surface area contributed by atoms with Crippen LogP contribution in [0.1, 0.15) is 19.4 Å². The van der Waals surface area contributed by atoms with E-state index in [1.54, 1.807) is 20.1 Å². The first kappa shape index (κ1) is 15.8. The number of nitrogens with one attached hydrogen (secondary N) is 1. The van der Waals surface area contributed by atoms with Crippen LogP contribution < -0.4 is 14.8 Å². The summed E-state index contributed by atoms with van der Waals surface area (Å²) in [5, 5.41) is 11.8. The van der Waals surface area contributed by atoms with Gasteiger partial charge in [-0.2, -0.15) is 0 Å². The van der Waals surface area contributed by atoms with E-state index >= 15 is 0 Å². The van der Waals surface area contributed by atoms with Gasteiger partial charge in [-0.05, 0) is 26.0 Å². The normalized spacial score (nSPS) is 12.0. The topological polar surface area (TPSA) is 67.8 Å². The standard InChI is InChI=1S/C13H18BrNO4/c1-4-19-12-9(7-15-8(2)13(16)17)10(14)5-6-11(12)18-3/h5-6,8,15H,4,7H2,1-3H3,(H,16,17). The number of hydrogen-bond donors (Lipinski definition) is 2. The number of aliphatic carboxylic acids is 1. The van der Waals surface area contributed by atoms with Crippen molar-refractivity contribution in [1.29, 1.82) is 0 Å². The van der Waals surface area contributed by atoms with Gasteiger partial charge >= 0.3 is 5.97 Å². The highest BCUT2D eigenvalue weighted by Crippen LogP contribution is 2.36. The largest absolute Gasteiger partial charge is 0.493 e. The second kappa shape index (κ2) is 7.35. The summed E-state index contributed by atoms with van der Waals surface area (Å²) in [6, 6.07) is 3.02. The number of carboxylic acid groups (broad SMARTS) is 1. The van der Waals surface area contributed by atoms with Crippen molar-refractivity contribution in [3.63, 3.8) is 0 Å². The van der Waals surface area contributed by atoms with Crippen LogP contribution in [-0.4, -0.2) is 30.8 Å². The summed E-state index contributed by atoms with van der Waals surface area (Å²) in [5.41, 5.74) is 0.842. The van der Waals surface area contributed by atoms with E-state index in [9.17, 15) is 4.79 Å².